The molecule has 0 bridgehead atoms. The van der Waals surface area contributed by atoms with Crippen LogP contribution >= 0.6 is 46.4 Å². The van der Waals surface area contributed by atoms with E-state index in [2.05, 4.69) is 41.7 Å². The highest BCUT2D eigenvalue weighted by Gasteiger charge is 2.34. The summed E-state index contributed by atoms with van der Waals surface area (Å²) in [4.78, 5) is 77.8. The van der Waals surface area contributed by atoms with E-state index in [0.717, 1.165) is 38.1 Å². The molecule has 0 saturated heterocycles. The number of halogens is 10. The maximum absolute atomic E-state index is 13.4. The van der Waals surface area contributed by atoms with Gasteiger partial charge in [0.15, 0.2) is 11.6 Å². The van der Waals surface area contributed by atoms with Crippen molar-refractivity contribution in [3.05, 3.63) is 138 Å². The van der Waals surface area contributed by atoms with E-state index in [-0.39, 0.29) is 55.3 Å². The van der Waals surface area contributed by atoms with E-state index in [1.54, 1.807) is 13.8 Å². The Morgan fingerprint density at radius 1 is 0.500 bits per heavy atom. The average molecular weight is 1020 g/mol. The minimum absolute atomic E-state index is 0.0104. The Balaban J connectivity index is 1.25. The van der Waals surface area contributed by atoms with Crippen LogP contribution in [-0.2, 0) is 31.5 Å². The van der Waals surface area contributed by atoms with Crippen LogP contribution in [-0.4, -0.2) is 47.3 Å². The molecule has 2 atom stereocenters. The van der Waals surface area contributed by atoms with E-state index >= 15 is 0 Å². The van der Waals surface area contributed by atoms with Crippen LogP contribution in [0.4, 0.5) is 60.5 Å². The number of benzene rings is 5. The Labute approximate surface area is 401 Å². The summed E-state index contributed by atoms with van der Waals surface area (Å²) < 4.78 is 78.7. The highest BCUT2D eigenvalue weighted by molar-refractivity contribution is 6.33. The molecule has 0 heterocycles. The van der Waals surface area contributed by atoms with E-state index in [9.17, 15) is 55.1 Å². The molecule has 5 aromatic rings. The van der Waals surface area contributed by atoms with Crippen LogP contribution in [0.2, 0.25) is 20.1 Å². The van der Waals surface area contributed by atoms with Gasteiger partial charge >= 0.3 is 12.4 Å². The molecule has 4 N–H and O–H groups in total. The van der Waals surface area contributed by atoms with Crippen LogP contribution in [0.1, 0.15) is 56.8 Å². The van der Waals surface area contributed by atoms with Crippen molar-refractivity contribution in [2.24, 2.45) is 20.5 Å². The molecule has 0 radical (unpaired) electrons. The fraction of sp³-hybridized carbons (Fsp3) is 0.182. The van der Waals surface area contributed by atoms with E-state index < -0.39 is 80.8 Å². The third-order valence-corrected chi connectivity index (χ3v) is 10.3. The van der Waals surface area contributed by atoms with Crippen molar-refractivity contribution in [3.8, 4) is 0 Å². The highest BCUT2D eigenvalue weighted by Crippen LogP contribution is 2.38. The molecule has 0 aliphatic rings. The predicted octanol–water partition coefficient (Wildman–Crippen LogP) is 12.8. The number of ketones is 2. The maximum atomic E-state index is 13.4. The number of anilines is 4. The SMILES string of the molecule is CC(=O)C(N=Nc1cc(Cl)cc(C(=O)Nc2ccc(C(F)(F)F)c(Cl)c2)c1)C(=O)Nc1cc(C)c(NC(=O)C(N=Nc2cc(Cl)cc(C(=O)Nc3ccc(C(F)(F)F)c(Cl)c3)c2)C(C)=O)cc1C. The van der Waals surface area contributed by atoms with Gasteiger partial charge in [0.05, 0.1) is 32.5 Å². The molecule has 354 valence electrons. The van der Waals surface area contributed by atoms with Gasteiger partial charge in [-0.3, -0.25) is 28.8 Å². The highest BCUT2D eigenvalue weighted by atomic mass is 35.5. The number of carbonyl (C=O) groups is 6. The largest absolute Gasteiger partial charge is 0.417 e. The molecule has 68 heavy (non-hydrogen) atoms. The van der Waals surface area contributed by atoms with E-state index in [1.807, 2.05) is 0 Å². The van der Waals surface area contributed by atoms with Crippen molar-refractivity contribution in [2.75, 3.05) is 21.3 Å². The van der Waals surface area contributed by atoms with Gasteiger partial charge in [-0.25, -0.2) is 0 Å². The van der Waals surface area contributed by atoms with Crippen LogP contribution in [0.25, 0.3) is 0 Å². The number of azo groups is 2. The summed E-state index contributed by atoms with van der Waals surface area (Å²) in [6.07, 6.45) is -9.43. The number of alkyl halides is 6. The first-order valence-electron chi connectivity index (χ1n) is 19.2. The minimum atomic E-state index is -4.71. The summed E-state index contributed by atoms with van der Waals surface area (Å²) in [6, 6.07) is 12.2. The molecular weight excluding hydrogens is 992 g/mol. The van der Waals surface area contributed by atoms with Crippen LogP contribution in [0.5, 0.6) is 0 Å². The van der Waals surface area contributed by atoms with Gasteiger partial charge in [0.2, 0.25) is 12.1 Å². The summed E-state index contributed by atoms with van der Waals surface area (Å²) in [5.41, 5.74) is -1.49. The smallest absolute Gasteiger partial charge is 0.324 e. The number of nitrogens with one attached hydrogen (secondary N) is 4. The maximum Gasteiger partial charge on any atom is 0.417 e. The molecule has 24 heteroatoms. The lowest BCUT2D eigenvalue weighted by Crippen LogP contribution is -2.32. The fourth-order valence-corrected chi connectivity index (χ4v) is 6.99. The third-order valence-electron chi connectivity index (χ3n) is 9.29. The second-order valence-corrected chi connectivity index (χ2v) is 16.3. The molecule has 5 aromatic carbocycles. The van der Waals surface area contributed by atoms with E-state index in [4.69, 9.17) is 46.4 Å². The Kier molecular flexibility index (Phi) is 16.5. The monoisotopic (exact) mass is 1020 g/mol. The van der Waals surface area contributed by atoms with Gasteiger partial charge in [-0.05, 0) is 124 Å². The second kappa shape index (κ2) is 21.5. The van der Waals surface area contributed by atoms with Gasteiger partial charge in [0, 0.05) is 43.9 Å². The van der Waals surface area contributed by atoms with Crippen molar-refractivity contribution in [2.45, 2.75) is 52.1 Å². The number of nitrogens with zero attached hydrogens (tertiary/aromatic N) is 4. The Morgan fingerprint density at radius 2 is 0.853 bits per heavy atom. The van der Waals surface area contributed by atoms with Gasteiger partial charge in [-0.15, -0.1) is 0 Å². The van der Waals surface area contributed by atoms with Crippen LogP contribution in [0.3, 0.4) is 0 Å². The summed E-state index contributed by atoms with van der Waals surface area (Å²) >= 11 is 23.9. The van der Waals surface area contributed by atoms with Crippen molar-refractivity contribution in [3.63, 3.8) is 0 Å². The number of rotatable bonds is 14. The molecule has 0 saturated carbocycles. The number of hydrogen-bond donors (Lipinski definition) is 4. The number of hydrogen-bond acceptors (Lipinski definition) is 10. The lowest BCUT2D eigenvalue weighted by atomic mass is 10.1. The first-order valence-corrected chi connectivity index (χ1v) is 20.7. The number of amides is 4. The Morgan fingerprint density at radius 3 is 1.16 bits per heavy atom. The van der Waals surface area contributed by atoms with Crippen molar-refractivity contribution in [1.29, 1.82) is 0 Å². The van der Waals surface area contributed by atoms with Gasteiger partial charge < -0.3 is 21.3 Å². The summed E-state index contributed by atoms with van der Waals surface area (Å²) in [5, 5.41) is 24.3. The summed E-state index contributed by atoms with van der Waals surface area (Å²) in [5.74, 6) is -4.90. The molecule has 0 aliphatic heterocycles. The van der Waals surface area contributed by atoms with E-state index in [1.165, 1.54) is 48.5 Å². The Bertz CT molecular complexity index is 2740. The minimum Gasteiger partial charge on any atom is -0.324 e. The number of aryl methyl sites for hydroxylation is 2. The molecule has 0 aliphatic carbocycles. The molecule has 5 rings (SSSR count). The molecule has 4 amide bonds. The number of Topliss-reactive ketones (excluding diaryl/α,β-unsaturated/α-hetero) is 2. The zero-order valence-electron chi connectivity index (χ0n) is 35.3. The first kappa shape index (κ1) is 52.2. The topological polar surface area (TPSA) is 200 Å². The lowest BCUT2D eigenvalue weighted by Gasteiger charge is -2.16. The van der Waals surface area contributed by atoms with Crippen molar-refractivity contribution < 1.29 is 55.1 Å². The van der Waals surface area contributed by atoms with E-state index in [0.29, 0.717) is 23.3 Å². The van der Waals surface area contributed by atoms with Crippen LogP contribution in [0.15, 0.2) is 105 Å². The van der Waals surface area contributed by atoms with Gasteiger partial charge in [-0.2, -0.15) is 46.8 Å². The summed E-state index contributed by atoms with van der Waals surface area (Å²) in [7, 11) is 0. The van der Waals surface area contributed by atoms with Gasteiger partial charge in [0.25, 0.3) is 23.6 Å². The molecule has 0 aromatic heterocycles. The average Bonchev–Trinajstić information content (AvgIpc) is 3.21. The van der Waals surface area contributed by atoms with Crippen molar-refractivity contribution >= 4 is 116 Å². The zero-order valence-corrected chi connectivity index (χ0v) is 38.3. The standard InChI is InChI=1S/C44H32Cl4F6N8O6/c1-19-9-36(58-42(68)38(22(4)64)62-60-30-14-24(12-26(46)16-30)40(66)56-28-6-8-32(34(48)18-28)44(52,53)54)20(2)10-35(19)57-41(67)37(21(3)63)61-59-29-13-23(11-25(45)15-29)39(65)55-27-5-7-31(33(47)17-27)43(49,50)51/h5-18,37-38H,1-4H3,(H,55,65)(H,56,66)(H,57,67)(H,58,68). The Hall–Kier alpha value is -6.74. The van der Waals surface area contributed by atoms with Crippen molar-refractivity contribution in [1.82, 2.24) is 0 Å². The molecular formula is C44H32Cl4F6N8O6. The predicted molar refractivity (Wildman–Crippen MR) is 243 cm³/mol. The normalized spacial score (nSPS) is 12.7. The van der Waals surface area contributed by atoms with Crippen LogP contribution in [0, 0.1) is 13.8 Å². The lowest BCUT2D eigenvalue weighted by molar-refractivity contribution is -0.138. The quantitative estimate of drug-likeness (QED) is 0.0484. The third kappa shape index (κ3) is 13.7. The summed E-state index contributed by atoms with van der Waals surface area (Å²) in [6.45, 7) is 5.29. The van der Waals surface area contributed by atoms with Gasteiger partial charge in [0.1, 0.15) is 0 Å². The fourth-order valence-electron chi connectivity index (χ4n) is 5.95. The first-order chi connectivity index (χ1) is 31.7. The molecule has 14 nitrogen and oxygen atoms in total. The second-order valence-electron chi connectivity index (χ2n) is 14.6. The molecule has 2 unspecified atom stereocenters. The molecule has 0 spiro atoms. The zero-order chi connectivity index (χ0) is 50.4. The van der Waals surface area contributed by atoms with Crippen LogP contribution < -0.4 is 21.3 Å². The number of carbonyl (C=O) groups excluding carboxylic acids is 6. The molecule has 0 fully saturated rings. The van der Waals surface area contributed by atoms with Gasteiger partial charge in [-0.1, -0.05) is 46.4 Å².